The maximum atomic E-state index is 6.31. The molecule has 3 heteroatoms. The van der Waals surface area contributed by atoms with E-state index in [-0.39, 0.29) is 6.10 Å². The molecule has 0 aliphatic heterocycles. The second-order valence-corrected chi connectivity index (χ2v) is 8.76. The quantitative estimate of drug-likeness (QED) is 0.514. The molecule has 0 aromatic carbocycles. The van der Waals surface area contributed by atoms with Gasteiger partial charge in [-0.1, -0.05) is 26.8 Å². The summed E-state index contributed by atoms with van der Waals surface area (Å²) in [5.41, 5.74) is 0. The predicted octanol–water partition coefficient (Wildman–Crippen LogP) is 4.53. The molecule has 0 N–H and O–H groups in total. The lowest BCUT2D eigenvalue weighted by Gasteiger charge is -2.31. The first-order chi connectivity index (χ1) is 7.71. The lowest BCUT2D eigenvalue weighted by Crippen LogP contribution is -2.36. The zero-order valence-electron chi connectivity index (χ0n) is 10.5. The molecule has 0 aliphatic rings. The van der Waals surface area contributed by atoms with Crippen LogP contribution in [0.5, 0.6) is 0 Å². The number of hydrogen-bond donors (Lipinski definition) is 0. The summed E-state index contributed by atoms with van der Waals surface area (Å²) in [5.74, 6) is 0.863. The maximum absolute atomic E-state index is 6.31. The van der Waals surface area contributed by atoms with Gasteiger partial charge >= 0.3 is 0 Å². The Morgan fingerprint density at radius 1 is 1.38 bits per heavy atom. The van der Waals surface area contributed by atoms with E-state index in [4.69, 9.17) is 8.84 Å². The van der Waals surface area contributed by atoms with Gasteiger partial charge < -0.3 is 8.84 Å². The van der Waals surface area contributed by atoms with Crippen molar-refractivity contribution in [3.8, 4) is 0 Å². The van der Waals surface area contributed by atoms with Crippen LogP contribution < -0.4 is 0 Å². The van der Waals surface area contributed by atoms with E-state index in [9.17, 15) is 0 Å². The smallest absolute Gasteiger partial charge is 0.193 e. The van der Waals surface area contributed by atoms with E-state index in [1.807, 2.05) is 18.2 Å². The van der Waals surface area contributed by atoms with E-state index in [1.54, 1.807) is 6.26 Å². The van der Waals surface area contributed by atoms with Crippen LogP contribution in [0.25, 0.3) is 0 Å². The molecule has 90 valence electrons. The van der Waals surface area contributed by atoms with E-state index >= 15 is 0 Å². The SMILES string of the molecule is C=C[C@H](O[Si](CC)(CC)CC)c1ccco1. The molecule has 1 aromatic heterocycles. The minimum Gasteiger partial charge on any atom is -0.466 e. The molecular weight excluding hydrogens is 216 g/mol. The van der Waals surface area contributed by atoms with Crippen LogP contribution in [0.3, 0.4) is 0 Å². The molecule has 0 spiro atoms. The summed E-state index contributed by atoms with van der Waals surface area (Å²) in [5, 5.41) is 0. The van der Waals surface area contributed by atoms with E-state index < -0.39 is 8.32 Å². The molecule has 0 unspecified atom stereocenters. The van der Waals surface area contributed by atoms with Gasteiger partial charge in [-0.05, 0) is 30.3 Å². The first-order valence-electron chi connectivity index (χ1n) is 6.05. The average Bonchev–Trinajstić information content (AvgIpc) is 2.85. The zero-order valence-corrected chi connectivity index (χ0v) is 11.5. The third kappa shape index (κ3) is 2.86. The molecule has 0 saturated heterocycles. The molecule has 0 amide bonds. The highest BCUT2D eigenvalue weighted by molar-refractivity contribution is 6.73. The van der Waals surface area contributed by atoms with Crippen molar-refractivity contribution in [1.82, 2.24) is 0 Å². The molecule has 0 aliphatic carbocycles. The zero-order chi connectivity index (χ0) is 12.0. The number of hydrogen-bond acceptors (Lipinski definition) is 2. The van der Waals surface area contributed by atoms with Crippen molar-refractivity contribution in [3.05, 3.63) is 36.8 Å². The maximum Gasteiger partial charge on any atom is 0.193 e. The fourth-order valence-electron chi connectivity index (χ4n) is 1.94. The largest absolute Gasteiger partial charge is 0.466 e. The second kappa shape index (κ2) is 6.06. The lowest BCUT2D eigenvalue weighted by atomic mass is 10.3. The van der Waals surface area contributed by atoms with Crippen LogP contribution in [0.1, 0.15) is 32.6 Å². The molecule has 0 bridgehead atoms. The van der Waals surface area contributed by atoms with Gasteiger partial charge in [-0.25, -0.2) is 0 Å². The highest BCUT2D eigenvalue weighted by Crippen LogP contribution is 2.30. The monoisotopic (exact) mass is 238 g/mol. The van der Waals surface area contributed by atoms with Gasteiger partial charge in [0.15, 0.2) is 8.32 Å². The number of furan rings is 1. The van der Waals surface area contributed by atoms with Gasteiger partial charge in [0.1, 0.15) is 11.9 Å². The topological polar surface area (TPSA) is 22.4 Å². The Kier molecular flexibility index (Phi) is 5.02. The van der Waals surface area contributed by atoms with E-state index in [0.29, 0.717) is 0 Å². The fourth-order valence-corrected chi connectivity index (χ4v) is 4.70. The first-order valence-corrected chi connectivity index (χ1v) is 8.58. The van der Waals surface area contributed by atoms with Gasteiger partial charge in [0.2, 0.25) is 0 Å². The van der Waals surface area contributed by atoms with Gasteiger partial charge in [-0.3, -0.25) is 0 Å². The highest BCUT2D eigenvalue weighted by Gasteiger charge is 2.32. The molecule has 0 saturated carbocycles. The molecule has 0 fully saturated rings. The third-order valence-electron chi connectivity index (χ3n) is 3.35. The summed E-state index contributed by atoms with van der Waals surface area (Å²) in [6.07, 6.45) is 3.44. The summed E-state index contributed by atoms with van der Waals surface area (Å²) in [7, 11) is -1.59. The molecule has 0 radical (unpaired) electrons. The molecule has 2 nitrogen and oxygen atoms in total. The molecule has 1 heterocycles. The van der Waals surface area contributed by atoms with Crippen LogP contribution in [0, 0.1) is 0 Å². The highest BCUT2D eigenvalue weighted by atomic mass is 28.4. The van der Waals surface area contributed by atoms with Crippen molar-refractivity contribution in [3.63, 3.8) is 0 Å². The van der Waals surface area contributed by atoms with Gasteiger partial charge in [-0.2, -0.15) is 0 Å². The second-order valence-electron chi connectivity index (χ2n) is 4.03. The van der Waals surface area contributed by atoms with Crippen molar-refractivity contribution in [2.45, 2.75) is 45.0 Å². The van der Waals surface area contributed by atoms with Gasteiger partial charge in [0, 0.05) is 0 Å². The Balaban J connectivity index is 2.79. The fraction of sp³-hybridized carbons (Fsp3) is 0.538. The Bertz CT molecular complexity index is 293. The number of rotatable bonds is 7. The van der Waals surface area contributed by atoms with Crippen LogP contribution in [-0.4, -0.2) is 8.32 Å². The van der Waals surface area contributed by atoms with Gasteiger partial charge in [-0.15, -0.1) is 6.58 Å². The summed E-state index contributed by atoms with van der Waals surface area (Å²) < 4.78 is 11.7. The average molecular weight is 238 g/mol. The summed E-state index contributed by atoms with van der Waals surface area (Å²) in [6, 6.07) is 7.27. The Morgan fingerprint density at radius 2 is 2.00 bits per heavy atom. The van der Waals surface area contributed by atoms with Crippen molar-refractivity contribution < 1.29 is 8.84 Å². The molecule has 1 aromatic rings. The summed E-state index contributed by atoms with van der Waals surface area (Å²) >= 11 is 0. The van der Waals surface area contributed by atoms with Gasteiger partial charge in [0.05, 0.1) is 6.26 Å². The van der Waals surface area contributed by atoms with Crippen LogP contribution in [-0.2, 0) is 4.43 Å². The normalized spacial score (nSPS) is 13.7. The van der Waals surface area contributed by atoms with Crippen LogP contribution in [0.2, 0.25) is 18.1 Å². The van der Waals surface area contributed by atoms with E-state index in [2.05, 4.69) is 27.4 Å². The van der Waals surface area contributed by atoms with Crippen molar-refractivity contribution >= 4 is 8.32 Å². The van der Waals surface area contributed by atoms with Crippen molar-refractivity contribution in [1.29, 1.82) is 0 Å². The summed E-state index contributed by atoms with van der Waals surface area (Å²) in [6.45, 7) is 10.5. The minimum atomic E-state index is -1.59. The van der Waals surface area contributed by atoms with E-state index in [0.717, 1.165) is 23.9 Å². The lowest BCUT2D eigenvalue weighted by molar-refractivity contribution is 0.207. The van der Waals surface area contributed by atoms with Gasteiger partial charge in [0.25, 0.3) is 0 Å². The Hall–Kier alpha value is -0.803. The molecular formula is C13H22O2Si. The third-order valence-corrected chi connectivity index (χ3v) is 7.97. The van der Waals surface area contributed by atoms with Crippen molar-refractivity contribution in [2.75, 3.05) is 0 Å². The predicted molar refractivity (Wildman–Crippen MR) is 69.9 cm³/mol. The first kappa shape index (κ1) is 13.3. The summed E-state index contributed by atoms with van der Waals surface area (Å²) in [4.78, 5) is 0. The van der Waals surface area contributed by atoms with Crippen LogP contribution in [0.4, 0.5) is 0 Å². The molecule has 1 rings (SSSR count). The van der Waals surface area contributed by atoms with Crippen LogP contribution >= 0.6 is 0 Å². The molecule has 1 atom stereocenters. The Morgan fingerprint density at radius 3 is 2.38 bits per heavy atom. The van der Waals surface area contributed by atoms with Crippen LogP contribution in [0.15, 0.2) is 35.5 Å². The standard InChI is InChI=1S/C13H22O2Si/c1-5-12(13-10-9-11-14-13)15-16(6-2,7-3)8-4/h5,9-12H,1,6-8H2,2-4H3/t12-/m0/s1. The van der Waals surface area contributed by atoms with E-state index in [1.165, 1.54) is 0 Å². The Labute approximate surface area is 99.4 Å². The minimum absolute atomic E-state index is 0.0819. The van der Waals surface area contributed by atoms with Crippen molar-refractivity contribution in [2.24, 2.45) is 0 Å². The molecule has 16 heavy (non-hydrogen) atoms.